The maximum absolute atomic E-state index is 5.18. The van der Waals surface area contributed by atoms with E-state index in [1.807, 2.05) is 0 Å². The van der Waals surface area contributed by atoms with Gasteiger partial charge in [0.25, 0.3) is 0 Å². The van der Waals surface area contributed by atoms with Crippen molar-refractivity contribution < 1.29 is 9.47 Å². The summed E-state index contributed by atoms with van der Waals surface area (Å²) in [4.78, 5) is 0. The summed E-state index contributed by atoms with van der Waals surface area (Å²) in [5.41, 5.74) is 0. The van der Waals surface area contributed by atoms with Crippen LogP contribution in [0.1, 0.15) is 6.42 Å². The second-order valence-electron chi connectivity index (χ2n) is 1.76. The lowest BCUT2D eigenvalue weighted by Gasteiger charge is -2.21. The molecule has 1 atom stereocenters. The Morgan fingerprint density at radius 1 is 1.33 bits per heavy atom. The molecule has 9 heavy (non-hydrogen) atoms. The lowest BCUT2D eigenvalue weighted by atomic mass is 10.4. The molecule has 0 aromatic rings. The second kappa shape index (κ2) is 5.60. The van der Waals surface area contributed by atoms with Gasteiger partial charge in [-0.1, -0.05) is 0 Å². The quantitative estimate of drug-likeness (QED) is 0.612. The summed E-state index contributed by atoms with van der Waals surface area (Å²) in [5, 5.41) is 0. The van der Waals surface area contributed by atoms with E-state index < -0.39 is 0 Å². The maximum Gasteiger partial charge on any atom is 0.160 e. The van der Waals surface area contributed by atoms with Crippen molar-refractivity contribution >= 4 is 26.2 Å². The molecule has 0 aromatic carbocycles. The topological polar surface area (TPSA) is 18.5 Å². The Morgan fingerprint density at radius 2 is 1.89 bits per heavy atom. The van der Waals surface area contributed by atoms with E-state index >= 15 is 0 Å². The van der Waals surface area contributed by atoms with Crippen molar-refractivity contribution in [2.24, 2.45) is 0 Å². The van der Waals surface area contributed by atoms with E-state index in [-0.39, 0.29) is 23.3 Å². The van der Waals surface area contributed by atoms with Crippen molar-refractivity contribution in [3.8, 4) is 0 Å². The molecule has 1 aliphatic heterocycles. The highest BCUT2D eigenvalue weighted by molar-refractivity contribution is 8.93. The monoisotopic (exact) mass is 214 g/mol. The number of ether oxygens (including phenoxy) is 2. The average Bonchev–Trinajstić information content (AvgIpc) is 1.90. The molecular weight excluding hydrogens is 203 g/mol. The molecule has 0 spiro atoms. The number of hydrogen-bond donors (Lipinski definition) is 0. The highest BCUT2D eigenvalue weighted by atomic mass is 79.9. The molecule has 2 nitrogen and oxygen atoms in total. The van der Waals surface area contributed by atoms with Crippen molar-refractivity contribution in [3.05, 3.63) is 0 Å². The van der Waals surface area contributed by atoms with Crippen LogP contribution < -0.4 is 0 Å². The van der Waals surface area contributed by atoms with Crippen LogP contribution in [0.2, 0.25) is 0 Å². The zero-order valence-corrected chi connectivity index (χ0v) is 8.08. The Morgan fingerprint density at radius 3 is 2.22 bits per heavy atom. The number of hydrogen-bond acceptors (Lipinski definition) is 2. The molecule has 0 aromatic heterocycles. The van der Waals surface area contributed by atoms with E-state index in [2.05, 4.69) is 9.24 Å². The Bertz CT molecular complexity index is 66.0. The zero-order valence-electron chi connectivity index (χ0n) is 5.21. The van der Waals surface area contributed by atoms with Crippen LogP contribution in [-0.4, -0.2) is 25.7 Å². The van der Waals surface area contributed by atoms with Gasteiger partial charge in [0.1, 0.15) is 0 Å². The van der Waals surface area contributed by atoms with E-state index in [0.29, 0.717) is 0 Å². The lowest BCUT2D eigenvalue weighted by Crippen LogP contribution is -2.25. The first-order chi connectivity index (χ1) is 3.93. The molecule has 1 fully saturated rings. The van der Waals surface area contributed by atoms with Crippen LogP contribution in [0.4, 0.5) is 0 Å². The van der Waals surface area contributed by atoms with Crippen molar-refractivity contribution in [2.45, 2.75) is 12.7 Å². The summed E-state index contributed by atoms with van der Waals surface area (Å²) in [6.07, 6.45) is 1.98. The third kappa shape index (κ3) is 3.51. The van der Waals surface area contributed by atoms with Gasteiger partial charge in [0.05, 0.1) is 13.2 Å². The molecule has 1 rings (SSSR count). The fourth-order valence-electron chi connectivity index (χ4n) is 0.673. The fraction of sp³-hybridized carbons (Fsp3) is 1.00. The first kappa shape index (κ1) is 9.83. The van der Waals surface area contributed by atoms with Crippen LogP contribution >= 0.6 is 26.2 Å². The van der Waals surface area contributed by atoms with E-state index in [1.165, 1.54) is 0 Å². The third-order valence-corrected chi connectivity index (χ3v) is 1.47. The predicted octanol–water partition coefficient (Wildman–Crippen LogP) is 1.20. The Balaban J connectivity index is 0.000000640. The molecule has 1 aliphatic rings. The first-order valence-electron chi connectivity index (χ1n) is 2.87. The molecule has 0 amide bonds. The minimum Gasteiger partial charge on any atom is -0.352 e. The molecule has 56 valence electrons. The fourth-order valence-corrected chi connectivity index (χ4v) is 0.945. The SMILES string of the molecule is Br.PCC1OCCCO1. The Labute approximate surface area is 68.3 Å². The van der Waals surface area contributed by atoms with Gasteiger partial charge in [-0.25, -0.2) is 0 Å². The van der Waals surface area contributed by atoms with E-state index in [9.17, 15) is 0 Å². The molecule has 0 N–H and O–H groups in total. The van der Waals surface area contributed by atoms with Crippen LogP contribution in [-0.2, 0) is 9.47 Å². The van der Waals surface area contributed by atoms with E-state index in [4.69, 9.17) is 9.47 Å². The average molecular weight is 215 g/mol. The summed E-state index contributed by atoms with van der Waals surface area (Å²) >= 11 is 0. The minimum absolute atomic E-state index is 0. The Hall–Kier alpha value is 0.830. The molecule has 4 heteroatoms. The first-order valence-corrected chi connectivity index (χ1v) is 3.68. The van der Waals surface area contributed by atoms with Gasteiger partial charge in [0, 0.05) is 6.16 Å². The molecule has 1 heterocycles. The minimum atomic E-state index is 0. The standard InChI is InChI=1S/C5H11O2P.BrH/c8-4-5-6-2-1-3-7-5;/h5H,1-4,8H2;1H. The van der Waals surface area contributed by atoms with Crippen molar-refractivity contribution in [2.75, 3.05) is 19.4 Å². The summed E-state index contributed by atoms with van der Waals surface area (Å²) in [7, 11) is 2.60. The number of halogens is 1. The molecule has 0 bridgehead atoms. The Kier molecular flexibility index (Phi) is 6.12. The normalized spacial score (nSPS) is 21.0. The zero-order chi connectivity index (χ0) is 5.82. The molecule has 0 saturated carbocycles. The highest BCUT2D eigenvalue weighted by Gasteiger charge is 2.09. The highest BCUT2D eigenvalue weighted by Crippen LogP contribution is 2.06. The van der Waals surface area contributed by atoms with Gasteiger partial charge in [0.2, 0.25) is 0 Å². The van der Waals surface area contributed by atoms with Crippen LogP contribution in [0.25, 0.3) is 0 Å². The third-order valence-electron chi connectivity index (χ3n) is 1.09. The lowest BCUT2D eigenvalue weighted by molar-refractivity contribution is -0.164. The van der Waals surface area contributed by atoms with Gasteiger partial charge < -0.3 is 9.47 Å². The van der Waals surface area contributed by atoms with Crippen LogP contribution in [0.15, 0.2) is 0 Å². The van der Waals surface area contributed by atoms with Gasteiger partial charge in [-0.3, -0.25) is 0 Å². The largest absolute Gasteiger partial charge is 0.352 e. The molecule has 0 aliphatic carbocycles. The molecule has 1 saturated heterocycles. The molecule has 0 radical (unpaired) electrons. The van der Waals surface area contributed by atoms with Gasteiger partial charge >= 0.3 is 0 Å². The number of rotatable bonds is 1. The van der Waals surface area contributed by atoms with Gasteiger partial charge in [0.15, 0.2) is 6.29 Å². The van der Waals surface area contributed by atoms with E-state index in [0.717, 1.165) is 25.8 Å². The van der Waals surface area contributed by atoms with Crippen molar-refractivity contribution in [3.63, 3.8) is 0 Å². The second-order valence-corrected chi connectivity index (χ2v) is 2.23. The van der Waals surface area contributed by atoms with Crippen LogP contribution in [0, 0.1) is 0 Å². The molecule has 1 unspecified atom stereocenters. The van der Waals surface area contributed by atoms with Gasteiger partial charge in [-0.05, 0) is 6.42 Å². The van der Waals surface area contributed by atoms with E-state index in [1.54, 1.807) is 0 Å². The van der Waals surface area contributed by atoms with Crippen LogP contribution in [0.5, 0.6) is 0 Å². The van der Waals surface area contributed by atoms with Crippen molar-refractivity contribution in [1.82, 2.24) is 0 Å². The van der Waals surface area contributed by atoms with Crippen LogP contribution in [0.3, 0.4) is 0 Å². The predicted molar refractivity (Wildman–Crippen MR) is 45.2 cm³/mol. The molecular formula is C5H12BrO2P. The summed E-state index contributed by atoms with van der Waals surface area (Å²) < 4.78 is 10.4. The van der Waals surface area contributed by atoms with Crippen molar-refractivity contribution in [1.29, 1.82) is 0 Å². The summed E-state index contributed by atoms with van der Waals surface area (Å²) in [6.45, 7) is 1.72. The smallest absolute Gasteiger partial charge is 0.160 e. The van der Waals surface area contributed by atoms with Gasteiger partial charge in [-0.2, -0.15) is 0 Å². The maximum atomic E-state index is 5.18. The summed E-state index contributed by atoms with van der Waals surface area (Å²) in [6, 6.07) is 0. The van der Waals surface area contributed by atoms with Gasteiger partial charge in [-0.15, -0.1) is 26.2 Å². The summed E-state index contributed by atoms with van der Waals surface area (Å²) in [5.74, 6) is 0.